The smallest absolute Gasteiger partial charge is 0.0869 e. The average molecular weight is 435 g/mol. The van der Waals surface area contributed by atoms with E-state index in [1.165, 1.54) is 0 Å². The van der Waals surface area contributed by atoms with E-state index in [0.29, 0.717) is 10.0 Å². The van der Waals surface area contributed by atoms with Gasteiger partial charge in [-0.3, -0.25) is 0 Å². The normalized spacial score (nSPS) is 12.8. The Bertz CT molecular complexity index is 554. The molecule has 1 unspecified atom stereocenters. The lowest BCUT2D eigenvalue weighted by Crippen LogP contribution is -1.93. The minimum atomic E-state index is -0.295. The molecular weight excluding hydrogens is 430 g/mol. The second-order valence-corrected chi connectivity index (χ2v) is 8.34. The van der Waals surface area contributed by atoms with Crippen molar-refractivity contribution in [1.29, 1.82) is 0 Å². The van der Waals surface area contributed by atoms with Crippen molar-refractivity contribution in [2.45, 2.75) is 5.38 Å². The van der Waals surface area contributed by atoms with E-state index >= 15 is 0 Å². The maximum atomic E-state index is 6.44. The zero-order valence-electron chi connectivity index (χ0n) is 8.18. The number of hydrogen-bond donors (Lipinski definition) is 0. The van der Waals surface area contributed by atoms with Gasteiger partial charge in [-0.15, -0.1) is 22.9 Å². The quantitative estimate of drug-likeness (QED) is 0.450. The van der Waals surface area contributed by atoms with Crippen LogP contribution in [0.5, 0.6) is 0 Å². The molecule has 0 bridgehead atoms. The van der Waals surface area contributed by atoms with Crippen LogP contribution < -0.4 is 0 Å². The topological polar surface area (TPSA) is 0 Å². The number of halogens is 5. The van der Waals surface area contributed by atoms with Gasteiger partial charge in [0, 0.05) is 15.6 Å². The fourth-order valence-corrected chi connectivity index (χ4v) is 5.43. The fraction of sp³-hybridized carbons (Fsp3) is 0.0909. The van der Waals surface area contributed by atoms with Crippen LogP contribution in [0.25, 0.3) is 0 Å². The highest BCUT2D eigenvalue weighted by molar-refractivity contribution is 9.12. The molecule has 0 saturated heterocycles. The van der Waals surface area contributed by atoms with Gasteiger partial charge < -0.3 is 0 Å². The average Bonchev–Trinajstić information content (AvgIpc) is 2.57. The van der Waals surface area contributed by atoms with E-state index in [0.717, 1.165) is 18.7 Å². The molecule has 1 atom stereocenters. The van der Waals surface area contributed by atoms with Gasteiger partial charge in [0.25, 0.3) is 0 Å². The van der Waals surface area contributed by atoms with Gasteiger partial charge in [-0.25, -0.2) is 0 Å². The largest absolute Gasteiger partial charge is 0.121 e. The Morgan fingerprint density at radius 2 is 1.76 bits per heavy atom. The summed E-state index contributed by atoms with van der Waals surface area (Å²) in [6, 6.07) is 7.31. The molecule has 0 aliphatic heterocycles. The molecule has 1 heterocycles. The SMILES string of the molecule is Clc1ccc(C(Cl)c2cc(Br)sc2Br)c(Cl)c1. The molecule has 0 N–H and O–H groups in total. The first-order valence-corrected chi connectivity index (χ1v) is 8.12. The molecule has 1 aromatic heterocycles. The van der Waals surface area contributed by atoms with E-state index in [1.807, 2.05) is 12.1 Å². The molecule has 6 heteroatoms. The molecule has 0 fully saturated rings. The summed E-state index contributed by atoms with van der Waals surface area (Å²) < 4.78 is 2.02. The number of benzene rings is 1. The highest BCUT2D eigenvalue weighted by atomic mass is 79.9. The van der Waals surface area contributed by atoms with Gasteiger partial charge in [-0.2, -0.15) is 0 Å². The molecule has 0 amide bonds. The molecule has 0 saturated carbocycles. The van der Waals surface area contributed by atoms with Crippen LogP contribution in [0.1, 0.15) is 16.5 Å². The van der Waals surface area contributed by atoms with Crippen LogP contribution in [0.3, 0.4) is 0 Å². The number of thiophene rings is 1. The summed E-state index contributed by atoms with van der Waals surface area (Å²) >= 11 is 26.9. The van der Waals surface area contributed by atoms with E-state index in [-0.39, 0.29) is 5.38 Å². The molecule has 0 radical (unpaired) electrons. The highest BCUT2D eigenvalue weighted by Crippen LogP contribution is 2.42. The molecular formula is C11H5Br2Cl3S. The van der Waals surface area contributed by atoms with E-state index < -0.39 is 0 Å². The molecule has 1 aromatic carbocycles. The van der Waals surface area contributed by atoms with Crippen LogP contribution in [-0.4, -0.2) is 0 Å². The minimum absolute atomic E-state index is 0.295. The minimum Gasteiger partial charge on any atom is -0.121 e. The van der Waals surface area contributed by atoms with Gasteiger partial charge >= 0.3 is 0 Å². The van der Waals surface area contributed by atoms with Gasteiger partial charge in [-0.05, 0) is 55.6 Å². The lowest BCUT2D eigenvalue weighted by atomic mass is 10.1. The number of rotatable bonds is 2. The van der Waals surface area contributed by atoms with Crippen molar-refractivity contribution in [3.8, 4) is 0 Å². The van der Waals surface area contributed by atoms with Gasteiger partial charge in [0.15, 0.2) is 0 Å². The summed E-state index contributed by atoms with van der Waals surface area (Å²) in [6.45, 7) is 0. The summed E-state index contributed by atoms with van der Waals surface area (Å²) in [4.78, 5) is 0. The Morgan fingerprint density at radius 3 is 2.29 bits per heavy atom. The monoisotopic (exact) mass is 432 g/mol. The van der Waals surface area contributed by atoms with Crippen LogP contribution in [0, 0.1) is 0 Å². The van der Waals surface area contributed by atoms with Crippen molar-refractivity contribution in [2.75, 3.05) is 0 Å². The Hall–Kier alpha value is 0.750. The first-order valence-electron chi connectivity index (χ1n) is 4.53. The van der Waals surface area contributed by atoms with E-state index in [9.17, 15) is 0 Å². The molecule has 2 aromatic rings. The standard InChI is InChI=1S/C11H5Br2Cl3S/c12-9-4-7(11(13)17-9)10(16)6-2-1-5(14)3-8(6)15/h1-4,10H. The van der Waals surface area contributed by atoms with Crippen molar-refractivity contribution < 1.29 is 0 Å². The van der Waals surface area contributed by atoms with E-state index in [1.54, 1.807) is 23.5 Å². The zero-order chi connectivity index (χ0) is 12.6. The van der Waals surface area contributed by atoms with Crippen molar-refractivity contribution in [3.05, 3.63) is 53.0 Å². The molecule has 0 spiro atoms. The summed E-state index contributed by atoms with van der Waals surface area (Å²) in [5, 5.41) is 0.886. The third-order valence-corrected chi connectivity index (χ3v) is 5.61. The molecule has 90 valence electrons. The second kappa shape index (κ2) is 5.81. The second-order valence-electron chi connectivity index (χ2n) is 3.31. The predicted octanol–water partition coefficient (Wildman–Crippen LogP) is 6.91. The van der Waals surface area contributed by atoms with Crippen molar-refractivity contribution >= 4 is 78.0 Å². The molecule has 0 nitrogen and oxygen atoms in total. The Balaban J connectivity index is 2.43. The molecule has 2 rings (SSSR count). The van der Waals surface area contributed by atoms with Crippen LogP contribution in [0.2, 0.25) is 10.0 Å². The number of hydrogen-bond acceptors (Lipinski definition) is 1. The van der Waals surface area contributed by atoms with Crippen molar-refractivity contribution in [2.24, 2.45) is 0 Å². The lowest BCUT2D eigenvalue weighted by molar-refractivity contribution is 1.15. The van der Waals surface area contributed by atoms with E-state index in [2.05, 4.69) is 31.9 Å². The van der Waals surface area contributed by atoms with Crippen LogP contribution in [0.15, 0.2) is 31.8 Å². The fourth-order valence-electron chi connectivity index (χ4n) is 1.40. The van der Waals surface area contributed by atoms with Crippen molar-refractivity contribution in [3.63, 3.8) is 0 Å². The van der Waals surface area contributed by atoms with E-state index in [4.69, 9.17) is 34.8 Å². The Labute approximate surface area is 135 Å². The van der Waals surface area contributed by atoms with Crippen LogP contribution >= 0.6 is 78.0 Å². The first kappa shape index (κ1) is 14.2. The maximum absolute atomic E-state index is 6.44. The van der Waals surface area contributed by atoms with Crippen LogP contribution in [0.4, 0.5) is 0 Å². The third kappa shape index (κ3) is 3.20. The van der Waals surface area contributed by atoms with Crippen molar-refractivity contribution in [1.82, 2.24) is 0 Å². The summed E-state index contributed by atoms with van der Waals surface area (Å²) in [5.74, 6) is 0. The summed E-state index contributed by atoms with van der Waals surface area (Å²) in [5.41, 5.74) is 1.84. The van der Waals surface area contributed by atoms with Gasteiger partial charge in [0.05, 0.1) is 12.9 Å². The maximum Gasteiger partial charge on any atom is 0.0869 e. The zero-order valence-corrected chi connectivity index (χ0v) is 14.4. The van der Waals surface area contributed by atoms with Gasteiger partial charge in [0.2, 0.25) is 0 Å². The highest BCUT2D eigenvalue weighted by Gasteiger charge is 2.19. The Morgan fingerprint density at radius 1 is 1.06 bits per heavy atom. The van der Waals surface area contributed by atoms with Gasteiger partial charge in [-0.1, -0.05) is 29.3 Å². The molecule has 0 aliphatic rings. The lowest BCUT2D eigenvalue weighted by Gasteiger charge is -2.11. The summed E-state index contributed by atoms with van der Waals surface area (Å²) in [6.07, 6.45) is 0. The molecule has 17 heavy (non-hydrogen) atoms. The molecule has 0 aliphatic carbocycles. The number of alkyl halides is 1. The summed E-state index contributed by atoms with van der Waals surface area (Å²) in [7, 11) is 0. The predicted molar refractivity (Wildman–Crippen MR) is 83.9 cm³/mol. The van der Waals surface area contributed by atoms with Gasteiger partial charge in [0.1, 0.15) is 0 Å². The Kier molecular flexibility index (Phi) is 4.84. The van der Waals surface area contributed by atoms with Crippen LogP contribution in [-0.2, 0) is 0 Å². The third-order valence-electron chi connectivity index (χ3n) is 2.19. The first-order chi connectivity index (χ1) is 7.99.